The molecule has 1 aromatic rings. The van der Waals surface area contributed by atoms with Gasteiger partial charge in [0.05, 0.1) is 0 Å². The average molecular weight is 389 g/mol. The fourth-order valence-electron chi connectivity index (χ4n) is 1.51. The van der Waals surface area contributed by atoms with E-state index < -0.39 is 24.1 Å². The second-order valence-electron chi connectivity index (χ2n) is 5.70. The molecule has 0 aliphatic heterocycles. The van der Waals surface area contributed by atoms with Gasteiger partial charge in [-0.3, -0.25) is 0 Å². The molecule has 2 N–H and O–H groups in total. The van der Waals surface area contributed by atoms with E-state index in [2.05, 4.69) is 10.1 Å². The summed E-state index contributed by atoms with van der Waals surface area (Å²) >= 11 is 2.80. The predicted molar refractivity (Wildman–Crippen MR) is 98.8 cm³/mol. The van der Waals surface area contributed by atoms with Gasteiger partial charge < -0.3 is 20.0 Å². The normalized spacial score (nSPS) is 11.9. The van der Waals surface area contributed by atoms with Crippen molar-refractivity contribution >= 4 is 45.9 Å². The summed E-state index contributed by atoms with van der Waals surface area (Å²) < 4.78 is 10.2. The van der Waals surface area contributed by atoms with Gasteiger partial charge in [-0.05, 0) is 26.5 Å². The lowest BCUT2D eigenvalue weighted by Gasteiger charge is -2.18. The third kappa shape index (κ3) is 8.73. The summed E-state index contributed by atoms with van der Waals surface area (Å²) in [5, 5.41) is 5.54. The van der Waals surface area contributed by atoms with E-state index >= 15 is 0 Å². The Kier molecular flexibility index (Phi) is 8.70. The molecule has 0 fully saturated rings. The number of hydrogen-bond acceptors (Lipinski definition) is 10. The molecule has 0 saturated heterocycles. The average Bonchev–Trinajstić information content (AvgIpc) is 2.92. The van der Waals surface area contributed by atoms with Crippen LogP contribution in [0.25, 0.3) is 0 Å². The fraction of sp³-hybridized carbons (Fsp3) is 0.600. The molecule has 0 spiro atoms. The minimum atomic E-state index is -0.689. The van der Waals surface area contributed by atoms with Gasteiger partial charge in [0, 0.05) is 11.1 Å². The monoisotopic (exact) mass is 389 g/mol. The molecule has 25 heavy (non-hydrogen) atoms. The van der Waals surface area contributed by atoms with Gasteiger partial charge in [0.25, 0.3) is 0 Å². The van der Waals surface area contributed by atoms with Crippen molar-refractivity contribution in [2.24, 2.45) is 5.16 Å². The van der Waals surface area contributed by atoms with Crippen molar-refractivity contribution in [3.05, 3.63) is 11.1 Å². The van der Waals surface area contributed by atoms with Gasteiger partial charge in [0.15, 0.2) is 5.13 Å². The number of nitrogens with zero attached hydrogens (tertiary/aromatic N) is 2. The zero-order chi connectivity index (χ0) is 18.9. The largest absolute Gasteiger partial charge is 0.460 e. The van der Waals surface area contributed by atoms with E-state index in [-0.39, 0.29) is 23.1 Å². The third-order valence-electron chi connectivity index (χ3n) is 2.38. The number of thiazole rings is 1. The van der Waals surface area contributed by atoms with Crippen LogP contribution in [0.1, 0.15) is 33.4 Å². The maximum Gasteiger partial charge on any atom is 0.362 e. The Morgan fingerprint density at radius 2 is 2.12 bits per heavy atom. The molecule has 0 radical (unpaired) electrons. The van der Waals surface area contributed by atoms with Crippen LogP contribution in [0.15, 0.2) is 10.5 Å². The van der Waals surface area contributed by atoms with Crippen LogP contribution >= 0.6 is 23.1 Å². The zero-order valence-electron chi connectivity index (χ0n) is 14.7. The number of esters is 2. The van der Waals surface area contributed by atoms with Crippen LogP contribution in [0.2, 0.25) is 0 Å². The second kappa shape index (κ2) is 10.2. The Morgan fingerprint density at radius 3 is 2.68 bits per heavy atom. The van der Waals surface area contributed by atoms with Gasteiger partial charge in [0.1, 0.15) is 17.9 Å². The number of carbonyl (C=O) groups is 2. The summed E-state index contributed by atoms with van der Waals surface area (Å²) in [5.74, 6) is 0.320. The fourth-order valence-corrected chi connectivity index (χ4v) is 2.55. The van der Waals surface area contributed by atoms with E-state index in [1.165, 1.54) is 0 Å². The Bertz CT molecular complexity index is 611. The minimum Gasteiger partial charge on any atom is -0.460 e. The smallest absolute Gasteiger partial charge is 0.362 e. The molecule has 0 saturated carbocycles. The van der Waals surface area contributed by atoms with Crippen molar-refractivity contribution in [1.29, 1.82) is 0 Å². The van der Waals surface area contributed by atoms with Crippen molar-refractivity contribution in [3.8, 4) is 0 Å². The van der Waals surface area contributed by atoms with Crippen molar-refractivity contribution in [2.45, 2.75) is 33.3 Å². The van der Waals surface area contributed by atoms with Gasteiger partial charge in [-0.25, -0.2) is 14.6 Å². The Morgan fingerprint density at radius 1 is 1.40 bits per heavy atom. The first kappa shape index (κ1) is 21.2. The highest BCUT2D eigenvalue weighted by molar-refractivity contribution is 7.99. The number of hydrogen-bond donors (Lipinski definition) is 1. The molecule has 1 heterocycles. The first-order valence-corrected chi connectivity index (χ1v) is 9.64. The maximum atomic E-state index is 12.2. The van der Waals surface area contributed by atoms with Crippen LogP contribution < -0.4 is 5.73 Å². The van der Waals surface area contributed by atoms with E-state index in [4.69, 9.17) is 20.0 Å². The Balaban J connectivity index is 2.71. The lowest BCUT2D eigenvalue weighted by atomic mass is 10.2. The summed E-state index contributed by atoms with van der Waals surface area (Å²) in [7, 11) is 0. The standard InChI is InChI=1S/C15H23N3O5S2/c1-5-24-7-6-21-13(20)12(10-9-25-14(16)17-10)18-22-8-11(19)23-15(2,3)4/h9H,5-8H2,1-4H3,(H2,16,17). The third-order valence-corrected chi connectivity index (χ3v) is 3.92. The minimum absolute atomic E-state index is 0.141. The molecule has 0 amide bonds. The molecular formula is C15H23N3O5S2. The molecule has 0 aromatic carbocycles. The molecule has 0 bridgehead atoms. The molecule has 8 nitrogen and oxygen atoms in total. The Labute approximate surface area is 155 Å². The highest BCUT2D eigenvalue weighted by Gasteiger charge is 2.21. The van der Waals surface area contributed by atoms with Crippen LogP contribution in [-0.4, -0.2) is 53.0 Å². The topological polar surface area (TPSA) is 113 Å². The van der Waals surface area contributed by atoms with Gasteiger partial charge in [0.2, 0.25) is 12.3 Å². The van der Waals surface area contributed by atoms with E-state index in [1.54, 1.807) is 37.9 Å². The number of nitrogens with two attached hydrogens (primary N) is 1. The number of aromatic nitrogens is 1. The zero-order valence-corrected chi connectivity index (χ0v) is 16.4. The molecule has 1 rings (SSSR count). The van der Waals surface area contributed by atoms with E-state index in [0.717, 1.165) is 17.1 Å². The summed E-state index contributed by atoms with van der Waals surface area (Å²) in [4.78, 5) is 32.8. The number of ether oxygens (including phenoxy) is 2. The van der Waals surface area contributed by atoms with Crippen molar-refractivity contribution in [3.63, 3.8) is 0 Å². The van der Waals surface area contributed by atoms with Crippen molar-refractivity contribution in [1.82, 2.24) is 4.98 Å². The molecule has 140 valence electrons. The van der Waals surface area contributed by atoms with Crippen LogP contribution in [0, 0.1) is 0 Å². The molecule has 0 aliphatic carbocycles. The van der Waals surface area contributed by atoms with Crippen molar-refractivity contribution in [2.75, 3.05) is 30.5 Å². The number of carbonyl (C=O) groups excluding carboxylic acids is 2. The molecule has 10 heteroatoms. The summed E-state index contributed by atoms with van der Waals surface area (Å²) in [6.07, 6.45) is 0. The maximum absolute atomic E-state index is 12.2. The van der Waals surface area contributed by atoms with Crippen LogP contribution in [0.5, 0.6) is 0 Å². The molecule has 1 aromatic heterocycles. The first-order chi connectivity index (χ1) is 11.7. The van der Waals surface area contributed by atoms with Crippen LogP contribution in [-0.2, 0) is 23.9 Å². The Hall–Kier alpha value is -1.81. The number of thioether (sulfide) groups is 1. The van der Waals surface area contributed by atoms with Gasteiger partial charge >= 0.3 is 11.9 Å². The lowest BCUT2D eigenvalue weighted by molar-refractivity contribution is -0.160. The van der Waals surface area contributed by atoms with E-state index in [1.807, 2.05) is 6.92 Å². The predicted octanol–water partition coefficient (Wildman–Crippen LogP) is 2.08. The van der Waals surface area contributed by atoms with Crippen LogP contribution in [0.3, 0.4) is 0 Å². The highest BCUT2D eigenvalue weighted by Crippen LogP contribution is 2.13. The number of anilines is 1. The van der Waals surface area contributed by atoms with Gasteiger partial charge in [-0.2, -0.15) is 11.8 Å². The SMILES string of the molecule is CCSCCOC(=O)C(=NOCC(=O)OC(C)(C)C)c1csc(N)n1. The van der Waals surface area contributed by atoms with E-state index in [9.17, 15) is 9.59 Å². The van der Waals surface area contributed by atoms with Gasteiger partial charge in [-0.15, -0.1) is 11.3 Å². The number of oxime groups is 1. The number of nitrogen functional groups attached to an aromatic ring is 1. The van der Waals surface area contributed by atoms with Gasteiger partial charge in [-0.1, -0.05) is 12.1 Å². The van der Waals surface area contributed by atoms with E-state index in [0.29, 0.717) is 5.75 Å². The van der Waals surface area contributed by atoms with Crippen molar-refractivity contribution < 1.29 is 23.9 Å². The van der Waals surface area contributed by atoms with Crippen LogP contribution in [0.4, 0.5) is 5.13 Å². The quantitative estimate of drug-likeness (QED) is 0.296. The molecule has 0 aliphatic rings. The number of rotatable bonds is 9. The lowest BCUT2D eigenvalue weighted by Crippen LogP contribution is -2.26. The second-order valence-corrected chi connectivity index (χ2v) is 7.99. The summed E-state index contributed by atoms with van der Waals surface area (Å²) in [5.41, 5.74) is 5.05. The summed E-state index contributed by atoms with van der Waals surface area (Å²) in [6.45, 7) is 7.04. The molecule has 0 unspecified atom stereocenters. The molecule has 0 atom stereocenters. The highest BCUT2D eigenvalue weighted by atomic mass is 32.2. The molecular weight excluding hydrogens is 366 g/mol. The first-order valence-electron chi connectivity index (χ1n) is 7.61. The summed E-state index contributed by atoms with van der Waals surface area (Å²) in [6, 6.07) is 0.